The molecule has 0 fully saturated rings. The molecule has 1 aromatic carbocycles. The van der Waals surface area contributed by atoms with E-state index in [2.05, 4.69) is 15.3 Å². The maximum atomic E-state index is 9.17. The van der Waals surface area contributed by atoms with Gasteiger partial charge in [0.2, 0.25) is 0 Å². The number of nitrogens with zero attached hydrogens (tertiary/aromatic N) is 2. The van der Waals surface area contributed by atoms with Gasteiger partial charge in [0.05, 0.1) is 0 Å². The van der Waals surface area contributed by atoms with Crippen LogP contribution in [0.1, 0.15) is 5.56 Å². The van der Waals surface area contributed by atoms with Crippen molar-refractivity contribution in [2.75, 3.05) is 11.6 Å². The molecular weight excluding hydrogens is 234 g/mol. The fourth-order valence-electron chi connectivity index (χ4n) is 1.35. The number of aromatic hydroxyl groups is 1. The van der Waals surface area contributed by atoms with Crippen molar-refractivity contribution >= 4 is 17.6 Å². The number of aromatic nitrogens is 2. The summed E-state index contributed by atoms with van der Waals surface area (Å²) in [5.41, 5.74) is 1.09. The number of thioether (sulfide) groups is 1. The Bertz CT molecular complexity index is 487. The molecule has 0 saturated heterocycles. The fourth-order valence-corrected chi connectivity index (χ4v) is 1.74. The second kappa shape index (κ2) is 5.54. The van der Waals surface area contributed by atoms with E-state index in [1.54, 1.807) is 30.2 Å². The van der Waals surface area contributed by atoms with Crippen LogP contribution in [0.15, 0.2) is 41.7 Å². The molecule has 1 heterocycles. The minimum absolute atomic E-state index is 0.278. The van der Waals surface area contributed by atoms with Gasteiger partial charge in [-0.15, -0.1) is 11.8 Å². The zero-order valence-corrected chi connectivity index (χ0v) is 10.2. The van der Waals surface area contributed by atoms with Gasteiger partial charge in [0.1, 0.15) is 22.9 Å². The van der Waals surface area contributed by atoms with Gasteiger partial charge in [-0.1, -0.05) is 12.1 Å². The van der Waals surface area contributed by atoms with Gasteiger partial charge in [0.15, 0.2) is 0 Å². The van der Waals surface area contributed by atoms with Gasteiger partial charge in [-0.3, -0.25) is 0 Å². The van der Waals surface area contributed by atoms with Crippen LogP contribution in [0.4, 0.5) is 5.82 Å². The molecule has 0 saturated carbocycles. The molecule has 17 heavy (non-hydrogen) atoms. The van der Waals surface area contributed by atoms with E-state index < -0.39 is 0 Å². The van der Waals surface area contributed by atoms with Crippen molar-refractivity contribution in [3.8, 4) is 5.75 Å². The van der Waals surface area contributed by atoms with Crippen LogP contribution >= 0.6 is 11.8 Å². The average molecular weight is 247 g/mol. The Morgan fingerprint density at radius 3 is 2.71 bits per heavy atom. The number of benzene rings is 1. The van der Waals surface area contributed by atoms with Gasteiger partial charge < -0.3 is 10.4 Å². The second-order valence-electron chi connectivity index (χ2n) is 3.47. The summed E-state index contributed by atoms with van der Waals surface area (Å²) in [4.78, 5) is 8.24. The smallest absolute Gasteiger partial charge is 0.130 e. The maximum absolute atomic E-state index is 9.17. The predicted octanol–water partition coefficient (Wildman–Crippen LogP) is 2.52. The fraction of sp³-hybridized carbons (Fsp3) is 0.167. The topological polar surface area (TPSA) is 58.0 Å². The van der Waals surface area contributed by atoms with Gasteiger partial charge in [-0.05, 0) is 24.0 Å². The van der Waals surface area contributed by atoms with Crippen LogP contribution in [0.25, 0.3) is 0 Å². The van der Waals surface area contributed by atoms with Crippen LogP contribution in [-0.4, -0.2) is 21.3 Å². The highest BCUT2D eigenvalue weighted by molar-refractivity contribution is 7.98. The number of anilines is 1. The molecule has 88 valence electrons. The first-order valence-corrected chi connectivity index (χ1v) is 6.38. The number of rotatable bonds is 4. The Hall–Kier alpha value is -1.75. The third-order valence-electron chi connectivity index (χ3n) is 2.26. The lowest BCUT2D eigenvalue weighted by atomic mass is 10.2. The predicted molar refractivity (Wildman–Crippen MR) is 69.2 cm³/mol. The molecule has 2 aromatic rings. The third kappa shape index (κ3) is 3.35. The summed E-state index contributed by atoms with van der Waals surface area (Å²) in [5.74, 6) is 1.08. The monoisotopic (exact) mass is 247 g/mol. The highest BCUT2D eigenvalue weighted by Crippen LogP contribution is 2.15. The molecule has 0 atom stereocenters. The Labute approximate surface area is 104 Å². The van der Waals surface area contributed by atoms with Crippen LogP contribution in [0.5, 0.6) is 5.75 Å². The third-order valence-corrected chi connectivity index (χ3v) is 2.90. The van der Waals surface area contributed by atoms with E-state index in [0.717, 1.165) is 16.4 Å². The summed E-state index contributed by atoms with van der Waals surface area (Å²) in [7, 11) is 0. The molecule has 4 nitrogen and oxygen atoms in total. The van der Waals surface area contributed by atoms with E-state index in [-0.39, 0.29) is 5.75 Å². The number of nitrogens with one attached hydrogen (secondary N) is 1. The molecule has 0 aliphatic rings. The molecule has 0 aliphatic carbocycles. The quantitative estimate of drug-likeness (QED) is 0.642. The first-order chi connectivity index (χ1) is 8.28. The van der Waals surface area contributed by atoms with Gasteiger partial charge in [0.25, 0.3) is 0 Å². The van der Waals surface area contributed by atoms with Crippen LogP contribution in [-0.2, 0) is 6.54 Å². The van der Waals surface area contributed by atoms with Gasteiger partial charge in [-0.2, -0.15) is 0 Å². The second-order valence-corrected chi connectivity index (χ2v) is 4.29. The SMILES string of the molecule is CSc1cc(NCc2ccc(O)cc2)ncn1. The molecule has 0 bridgehead atoms. The number of hydrogen-bond acceptors (Lipinski definition) is 5. The molecule has 2 rings (SSSR count). The Morgan fingerprint density at radius 1 is 1.24 bits per heavy atom. The highest BCUT2D eigenvalue weighted by atomic mass is 32.2. The average Bonchev–Trinajstić information content (AvgIpc) is 2.38. The van der Waals surface area contributed by atoms with Crippen LogP contribution in [0, 0.1) is 0 Å². The van der Waals surface area contributed by atoms with Gasteiger partial charge in [0, 0.05) is 12.6 Å². The van der Waals surface area contributed by atoms with Crippen molar-refractivity contribution in [2.24, 2.45) is 0 Å². The first kappa shape index (κ1) is 11.7. The zero-order chi connectivity index (χ0) is 12.1. The molecule has 1 aromatic heterocycles. The first-order valence-electron chi connectivity index (χ1n) is 5.16. The molecule has 0 amide bonds. The van der Waals surface area contributed by atoms with Gasteiger partial charge >= 0.3 is 0 Å². The van der Waals surface area contributed by atoms with E-state index >= 15 is 0 Å². The van der Waals surface area contributed by atoms with Crippen molar-refractivity contribution in [3.05, 3.63) is 42.2 Å². The Morgan fingerprint density at radius 2 is 2.00 bits per heavy atom. The standard InChI is InChI=1S/C12H13N3OS/c1-17-12-6-11(14-8-15-12)13-7-9-2-4-10(16)5-3-9/h2-6,8,16H,7H2,1H3,(H,13,14,15). The summed E-state index contributed by atoms with van der Waals surface area (Å²) in [6, 6.07) is 9.00. The summed E-state index contributed by atoms with van der Waals surface area (Å²) in [6.45, 7) is 0.672. The summed E-state index contributed by atoms with van der Waals surface area (Å²) in [5, 5.41) is 13.3. The molecule has 0 unspecified atom stereocenters. The van der Waals surface area contributed by atoms with E-state index in [1.807, 2.05) is 24.5 Å². The molecule has 2 N–H and O–H groups in total. The molecular formula is C12H13N3OS. The molecule has 0 radical (unpaired) electrons. The number of phenols is 1. The lowest BCUT2D eigenvalue weighted by molar-refractivity contribution is 0.475. The van der Waals surface area contributed by atoms with E-state index in [0.29, 0.717) is 6.54 Å². The largest absolute Gasteiger partial charge is 0.508 e. The van der Waals surface area contributed by atoms with Crippen molar-refractivity contribution in [1.29, 1.82) is 0 Å². The van der Waals surface area contributed by atoms with E-state index in [9.17, 15) is 0 Å². The van der Waals surface area contributed by atoms with Crippen LogP contribution in [0.3, 0.4) is 0 Å². The summed E-state index contributed by atoms with van der Waals surface area (Å²) in [6.07, 6.45) is 3.52. The van der Waals surface area contributed by atoms with Crippen LogP contribution < -0.4 is 5.32 Å². The molecule has 0 aliphatic heterocycles. The summed E-state index contributed by atoms with van der Waals surface area (Å²) < 4.78 is 0. The van der Waals surface area contributed by atoms with Crippen molar-refractivity contribution in [3.63, 3.8) is 0 Å². The Balaban J connectivity index is 1.99. The highest BCUT2D eigenvalue weighted by Gasteiger charge is 1.98. The minimum Gasteiger partial charge on any atom is -0.508 e. The summed E-state index contributed by atoms with van der Waals surface area (Å²) >= 11 is 1.58. The zero-order valence-electron chi connectivity index (χ0n) is 9.42. The lowest BCUT2D eigenvalue weighted by Gasteiger charge is -2.06. The van der Waals surface area contributed by atoms with Crippen molar-refractivity contribution in [1.82, 2.24) is 9.97 Å². The van der Waals surface area contributed by atoms with Gasteiger partial charge in [-0.25, -0.2) is 9.97 Å². The Kier molecular flexibility index (Phi) is 3.82. The van der Waals surface area contributed by atoms with Crippen LogP contribution in [0.2, 0.25) is 0 Å². The minimum atomic E-state index is 0.278. The number of hydrogen-bond donors (Lipinski definition) is 2. The molecule has 0 spiro atoms. The molecule has 5 heteroatoms. The van der Waals surface area contributed by atoms with E-state index in [1.165, 1.54) is 0 Å². The van der Waals surface area contributed by atoms with Crippen molar-refractivity contribution < 1.29 is 5.11 Å². The normalized spacial score (nSPS) is 10.2. The van der Waals surface area contributed by atoms with Crippen molar-refractivity contribution in [2.45, 2.75) is 11.6 Å². The maximum Gasteiger partial charge on any atom is 0.130 e. The van der Waals surface area contributed by atoms with E-state index in [4.69, 9.17) is 5.11 Å². The lowest BCUT2D eigenvalue weighted by Crippen LogP contribution is -2.01. The number of phenolic OH excluding ortho intramolecular Hbond substituents is 1.